The van der Waals surface area contributed by atoms with Gasteiger partial charge in [-0.2, -0.15) is 0 Å². The standard InChI is InChI=1S/C19H24N6O2.HI/c1-13-7-4-5-8-15(13)27-14(2)11-21-19(20-3)22-12-17-23-18(25-24-17)16-9-6-10-26-16;/h4-10,14H,11-12H2,1-3H3,(H2,20,21,22)(H,23,24,25);1H. The minimum Gasteiger partial charge on any atom is -0.489 e. The number of hydrogen-bond donors (Lipinski definition) is 3. The number of rotatable bonds is 7. The molecule has 3 N–H and O–H groups in total. The summed E-state index contributed by atoms with van der Waals surface area (Å²) in [6.07, 6.45) is 1.58. The van der Waals surface area contributed by atoms with Gasteiger partial charge in [0.05, 0.1) is 19.4 Å². The lowest BCUT2D eigenvalue weighted by atomic mass is 10.2. The van der Waals surface area contributed by atoms with Crippen LogP contribution in [-0.2, 0) is 6.54 Å². The van der Waals surface area contributed by atoms with Crippen molar-refractivity contribution in [1.82, 2.24) is 25.8 Å². The Labute approximate surface area is 181 Å². The first-order valence-corrected chi connectivity index (χ1v) is 8.77. The number of guanidine groups is 1. The van der Waals surface area contributed by atoms with E-state index in [4.69, 9.17) is 9.15 Å². The second-order valence-corrected chi connectivity index (χ2v) is 6.08. The first-order chi connectivity index (χ1) is 13.2. The predicted octanol–water partition coefficient (Wildman–Crippen LogP) is 3.12. The molecule has 1 atom stereocenters. The second kappa shape index (κ2) is 10.7. The van der Waals surface area contributed by atoms with E-state index in [1.165, 1.54) is 0 Å². The lowest BCUT2D eigenvalue weighted by molar-refractivity contribution is 0.222. The maximum Gasteiger partial charge on any atom is 0.216 e. The molecule has 0 radical (unpaired) electrons. The van der Waals surface area contributed by atoms with Crippen molar-refractivity contribution >= 4 is 29.9 Å². The first kappa shape index (κ1) is 21.7. The summed E-state index contributed by atoms with van der Waals surface area (Å²) in [5.41, 5.74) is 1.12. The number of ether oxygens (including phenoxy) is 1. The zero-order valence-electron chi connectivity index (χ0n) is 16.1. The summed E-state index contributed by atoms with van der Waals surface area (Å²) in [5.74, 6) is 3.39. The van der Waals surface area contributed by atoms with Gasteiger partial charge in [0.1, 0.15) is 17.7 Å². The summed E-state index contributed by atoms with van der Waals surface area (Å²) in [4.78, 5) is 8.60. The molecule has 0 bridgehead atoms. The molecule has 28 heavy (non-hydrogen) atoms. The van der Waals surface area contributed by atoms with Crippen molar-refractivity contribution in [2.24, 2.45) is 4.99 Å². The van der Waals surface area contributed by atoms with Gasteiger partial charge in [0.2, 0.25) is 5.82 Å². The maximum absolute atomic E-state index is 5.96. The Bertz CT molecular complexity index is 878. The number of nitrogens with zero attached hydrogens (tertiary/aromatic N) is 3. The Balaban J connectivity index is 0.00000280. The monoisotopic (exact) mass is 496 g/mol. The number of aryl methyl sites for hydroxylation is 1. The van der Waals surface area contributed by atoms with Crippen LogP contribution >= 0.6 is 24.0 Å². The molecule has 0 aliphatic carbocycles. The van der Waals surface area contributed by atoms with Gasteiger partial charge in [-0.3, -0.25) is 10.1 Å². The van der Waals surface area contributed by atoms with Crippen molar-refractivity contribution in [2.75, 3.05) is 13.6 Å². The van der Waals surface area contributed by atoms with Crippen molar-refractivity contribution in [3.8, 4) is 17.3 Å². The number of halogens is 1. The number of benzene rings is 1. The SMILES string of the molecule is CN=C(NCc1nc(-c2ccco2)n[nH]1)NCC(C)Oc1ccccc1C.I. The van der Waals surface area contributed by atoms with Crippen LogP contribution in [0.5, 0.6) is 5.75 Å². The number of aliphatic imine (C=N–C) groups is 1. The number of nitrogens with one attached hydrogen (secondary N) is 3. The van der Waals surface area contributed by atoms with Crippen molar-refractivity contribution in [2.45, 2.75) is 26.5 Å². The third-order valence-corrected chi connectivity index (χ3v) is 3.90. The minimum atomic E-state index is -0.0134. The Morgan fingerprint density at radius 1 is 1.25 bits per heavy atom. The average Bonchev–Trinajstić information content (AvgIpc) is 3.35. The van der Waals surface area contributed by atoms with Crippen LogP contribution in [0, 0.1) is 6.92 Å². The van der Waals surface area contributed by atoms with Crippen LogP contribution < -0.4 is 15.4 Å². The van der Waals surface area contributed by atoms with Gasteiger partial charge in [0.25, 0.3) is 0 Å². The third kappa shape index (κ3) is 5.98. The number of furan rings is 1. The highest BCUT2D eigenvalue weighted by molar-refractivity contribution is 14.0. The van der Waals surface area contributed by atoms with E-state index < -0.39 is 0 Å². The molecule has 3 aromatic rings. The Kier molecular flexibility index (Phi) is 8.30. The topological polar surface area (TPSA) is 100 Å². The van der Waals surface area contributed by atoms with Crippen LogP contribution in [0.3, 0.4) is 0 Å². The second-order valence-electron chi connectivity index (χ2n) is 6.08. The summed E-state index contributed by atoms with van der Waals surface area (Å²) in [6, 6.07) is 11.6. The molecule has 2 aromatic heterocycles. The van der Waals surface area contributed by atoms with Crippen molar-refractivity contribution in [3.63, 3.8) is 0 Å². The fourth-order valence-corrected chi connectivity index (χ4v) is 2.47. The third-order valence-electron chi connectivity index (χ3n) is 3.90. The molecule has 9 heteroatoms. The predicted molar refractivity (Wildman–Crippen MR) is 119 cm³/mol. The Morgan fingerprint density at radius 2 is 2.07 bits per heavy atom. The zero-order chi connectivity index (χ0) is 19.1. The summed E-state index contributed by atoms with van der Waals surface area (Å²) < 4.78 is 11.2. The fourth-order valence-electron chi connectivity index (χ4n) is 2.47. The van der Waals surface area contributed by atoms with E-state index in [0.717, 1.165) is 11.3 Å². The first-order valence-electron chi connectivity index (χ1n) is 8.77. The van der Waals surface area contributed by atoms with Crippen LogP contribution in [0.15, 0.2) is 52.1 Å². The fraction of sp³-hybridized carbons (Fsp3) is 0.316. The van der Waals surface area contributed by atoms with E-state index in [1.54, 1.807) is 19.4 Å². The molecule has 150 valence electrons. The van der Waals surface area contributed by atoms with Gasteiger partial charge >= 0.3 is 0 Å². The van der Waals surface area contributed by atoms with Crippen LogP contribution in [0.1, 0.15) is 18.3 Å². The number of para-hydroxylation sites is 1. The molecular formula is C19H25IN6O2. The van der Waals surface area contributed by atoms with Crippen molar-refractivity contribution < 1.29 is 9.15 Å². The molecule has 0 saturated heterocycles. The molecule has 2 heterocycles. The summed E-state index contributed by atoms with van der Waals surface area (Å²) in [6.45, 7) is 5.12. The van der Waals surface area contributed by atoms with Gasteiger partial charge in [-0.1, -0.05) is 18.2 Å². The number of aromatic amines is 1. The molecular weight excluding hydrogens is 471 g/mol. The minimum absolute atomic E-state index is 0. The van der Waals surface area contributed by atoms with Crippen LogP contribution in [0.25, 0.3) is 11.6 Å². The Hall–Kier alpha value is -2.56. The van der Waals surface area contributed by atoms with Crippen molar-refractivity contribution in [1.29, 1.82) is 0 Å². The van der Waals surface area contributed by atoms with Gasteiger partial charge < -0.3 is 19.8 Å². The van der Waals surface area contributed by atoms with Gasteiger partial charge in [-0.25, -0.2) is 4.98 Å². The largest absolute Gasteiger partial charge is 0.489 e. The van der Waals surface area contributed by atoms with Gasteiger partial charge in [0, 0.05) is 7.05 Å². The summed E-state index contributed by atoms with van der Waals surface area (Å²) in [5, 5.41) is 13.5. The average molecular weight is 496 g/mol. The normalized spacial score (nSPS) is 12.2. The number of aromatic nitrogens is 3. The Morgan fingerprint density at radius 3 is 2.79 bits per heavy atom. The molecule has 0 aliphatic heterocycles. The molecule has 0 aliphatic rings. The molecule has 8 nitrogen and oxygen atoms in total. The molecule has 0 saturated carbocycles. The van der Waals surface area contributed by atoms with Crippen LogP contribution in [-0.4, -0.2) is 40.8 Å². The summed E-state index contributed by atoms with van der Waals surface area (Å²) in [7, 11) is 1.72. The highest BCUT2D eigenvalue weighted by Gasteiger charge is 2.10. The molecule has 1 unspecified atom stereocenters. The van der Waals surface area contributed by atoms with Crippen LogP contribution in [0.2, 0.25) is 0 Å². The number of H-pyrrole nitrogens is 1. The lowest BCUT2D eigenvalue weighted by Crippen LogP contribution is -2.41. The van der Waals surface area contributed by atoms with Gasteiger partial charge in [-0.05, 0) is 37.6 Å². The summed E-state index contributed by atoms with van der Waals surface area (Å²) >= 11 is 0. The van der Waals surface area contributed by atoms with E-state index in [-0.39, 0.29) is 30.1 Å². The van der Waals surface area contributed by atoms with Crippen LogP contribution in [0.4, 0.5) is 0 Å². The quantitative estimate of drug-likeness (QED) is 0.264. The molecule has 3 rings (SSSR count). The molecule has 0 spiro atoms. The molecule has 0 amide bonds. The zero-order valence-corrected chi connectivity index (χ0v) is 18.4. The molecule has 1 aromatic carbocycles. The number of hydrogen-bond acceptors (Lipinski definition) is 5. The van der Waals surface area contributed by atoms with E-state index in [2.05, 4.69) is 30.8 Å². The van der Waals surface area contributed by atoms with E-state index in [0.29, 0.717) is 36.5 Å². The molecule has 0 fully saturated rings. The van der Waals surface area contributed by atoms with E-state index in [9.17, 15) is 0 Å². The van der Waals surface area contributed by atoms with Gasteiger partial charge in [-0.15, -0.1) is 29.1 Å². The van der Waals surface area contributed by atoms with E-state index in [1.807, 2.05) is 44.2 Å². The highest BCUT2D eigenvalue weighted by atomic mass is 127. The van der Waals surface area contributed by atoms with Crippen molar-refractivity contribution in [3.05, 3.63) is 54.0 Å². The highest BCUT2D eigenvalue weighted by Crippen LogP contribution is 2.17. The lowest BCUT2D eigenvalue weighted by Gasteiger charge is -2.18. The van der Waals surface area contributed by atoms with Gasteiger partial charge in [0.15, 0.2) is 11.7 Å². The van der Waals surface area contributed by atoms with E-state index >= 15 is 0 Å². The smallest absolute Gasteiger partial charge is 0.216 e. The maximum atomic E-state index is 5.96.